The first-order chi connectivity index (χ1) is 8.98. The van der Waals surface area contributed by atoms with Crippen LogP contribution < -0.4 is 5.32 Å². The molecule has 2 aliphatic rings. The molecule has 0 aromatic carbocycles. The Hall–Kier alpha value is -1.40. The van der Waals surface area contributed by atoms with Crippen LogP contribution in [0.4, 0.5) is 0 Å². The second-order valence-corrected chi connectivity index (χ2v) is 5.77. The number of carbonyl (C=O) groups excluding carboxylic acids is 1. The van der Waals surface area contributed by atoms with Crippen molar-refractivity contribution in [3.63, 3.8) is 0 Å². The van der Waals surface area contributed by atoms with Crippen LogP contribution in [-0.2, 0) is 15.9 Å². The topological polar surface area (TPSA) is 76.2 Å². The Morgan fingerprint density at radius 1 is 1.47 bits per heavy atom. The molecule has 3 rings (SSSR count). The lowest BCUT2D eigenvalue weighted by Crippen LogP contribution is -2.60. The second-order valence-electron chi connectivity index (χ2n) is 5.77. The molecule has 2 atom stereocenters. The van der Waals surface area contributed by atoms with Gasteiger partial charge in [-0.25, -0.2) is 0 Å². The molecule has 104 valence electrons. The summed E-state index contributed by atoms with van der Waals surface area (Å²) in [6.45, 7) is 7.06. The molecule has 0 saturated carbocycles. The molecule has 1 aromatic heterocycles. The minimum Gasteiger partial charge on any atom is -0.376 e. The molecule has 6 nitrogen and oxygen atoms in total. The van der Waals surface area contributed by atoms with Crippen molar-refractivity contribution in [3.05, 3.63) is 17.0 Å². The van der Waals surface area contributed by atoms with Crippen LogP contribution in [0.2, 0.25) is 0 Å². The van der Waals surface area contributed by atoms with Gasteiger partial charge in [-0.05, 0) is 20.8 Å². The quantitative estimate of drug-likeness (QED) is 0.834. The zero-order valence-corrected chi connectivity index (χ0v) is 11.4. The highest BCUT2D eigenvalue weighted by Gasteiger charge is 2.37. The number of hydrogen-bond acceptors (Lipinski definition) is 4. The van der Waals surface area contributed by atoms with Gasteiger partial charge >= 0.3 is 0 Å². The maximum absolute atomic E-state index is 12.3. The normalized spacial score (nSPS) is 28.4. The fraction of sp³-hybridized carbons (Fsp3) is 0.692. The highest BCUT2D eigenvalue weighted by atomic mass is 16.5. The highest BCUT2D eigenvalue weighted by molar-refractivity contribution is 5.94. The van der Waals surface area contributed by atoms with Gasteiger partial charge in [-0.15, -0.1) is 0 Å². The summed E-state index contributed by atoms with van der Waals surface area (Å²) in [6, 6.07) is 0. The molecule has 1 aromatic rings. The minimum absolute atomic E-state index is 0.0459. The second kappa shape index (κ2) is 4.31. The van der Waals surface area contributed by atoms with Gasteiger partial charge < -0.3 is 14.8 Å². The van der Waals surface area contributed by atoms with Crippen LogP contribution in [0, 0.1) is 0 Å². The molecule has 19 heavy (non-hydrogen) atoms. The smallest absolute Gasteiger partial charge is 0.272 e. The Morgan fingerprint density at radius 3 is 2.84 bits per heavy atom. The zero-order chi connectivity index (χ0) is 13.6. The molecule has 1 fully saturated rings. The first-order valence-corrected chi connectivity index (χ1v) is 6.61. The maximum Gasteiger partial charge on any atom is 0.272 e. The van der Waals surface area contributed by atoms with Crippen LogP contribution in [0.5, 0.6) is 0 Å². The van der Waals surface area contributed by atoms with Crippen molar-refractivity contribution in [1.82, 2.24) is 15.5 Å². The van der Waals surface area contributed by atoms with Crippen LogP contribution in [0.15, 0.2) is 0 Å². The average Bonchev–Trinajstić information content (AvgIpc) is 2.70. The first-order valence-electron chi connectivity index (χ1n) is 6.61. The summed E-state index contributed by atoms with van der Waals surface area (Å²) in [7, 11) is 0. The van der Waals surface area contributed by atoms with Gasteiger partial charge in [-0.3, -0.25) is 9.89 Å². The van der Waals surface area contributed by atoms with Crippen LogP contribution in [0.1, 0.15) is 48.6 Å². The lowest BCUT2D eigenvalue weighted by Gasteiger charge is -2.38. The van der Waals surface area contributed by atoms with E-state index in [0.29, 0.717) is 25.3 Å². The van der Waals surface area contributed by atoms with Gasteiger partial charge in [0, 0.05) is 12.0 Å². The van der Waals surface area contributed by atoms with Crippen molar-refractivity contribution < 1.29 is 14.3 Å². The summed E-state index contributed by atoms with van der Waals surface area (Å²) < 4.78 is 10.9. The lowest BCUT2D eigenvalue weighted by atomic mass is 9.97. The maximum atomic E-state index is 12.3. The van der Waals surface area contributed by atoms with Crippen molar-refractivity contribution in [2.45, 2.75) is 44.9 Å². The molecule has 0 bridgehead atoms. The molecule has 2 N–H and O–H groups in total. The van der Waals surface area contributed by atoms with Gasteiger partial charge in [-0.1, -0.05) is 0 Å². The predicted molar refractivity (Wildman–Crippen MR) is 67.9 cm³/mol. The first kappa shape index (κ1) is 12.6. The summed E-state index contributed by atoms with van der Waals surface area (Å²) in [5.41, 5.74) is 2.13. The van der Waals surface area contributed by atoms with Gasteiger partial charge in [0.25, 0.3) is 5.91 Å². The number of H-pyrrole nitrogens is 1. The van der Waals surface area contributed by atoms with E-state index in [0.717, 1.165) is 11.3 Å². The predicted octanol–water partition coefficient (Wildman–Crippen LogP) is 0.951. The number of amides is 1. The zero-order valence-electron chi connectivity index (χ0n) is 11.4. The molecule has 2 aliphatic heterocycles. The minimum atomic E-state index is -0.259. The van der Waals surface area contributed by atoms with Crippen LogP contribution in [0.3, 0.4) is 0 Å². The third-order valence-electron chi connectivity index (χ3n) is 3.71. The van der Waals surface area contributed by atoms with Crippen molar-refractivity contribution in [3.8, 4) is 0 Å². The van der Waals surface area contributed by atoms with Crippen molar-refractivity contribution >= 4 is 5.91 Å². The van der Waals surface area contributed by atoms with Crippen molar-refractivity contribution in [2.24, 2.45) is 0 Å². The van der Waals surface area contributed by atoms with E-state index in [4.69, 9.17) is 9.47 Å². The van der Waals surface area contributed by atoms with E-state index in [1.54, 1.807) is 0 Å². The summed E-state index contributed by atoms with van der Waals surface area (Å²) in [6.07, 6.45) is 0.774. The van der Waals surface area contributed by atoms with Gasteiger partial charge in [0.1, 0.15) is 0 Å². The number of nitrogens with one attached hydrogen (secondary N) is 2. The average molecular weight is 265 g/mol. The summed E-state index contributed by atoms with van der Waals surface area (Å²) in [5, 5.41) is 10.1. The molecule has 0 radical (unpaired) electrons. The third kappa shape index (κ3) is 2.15. The van der Waals surface area contributed by atoms with Crippen LogP contribution >= 0.6 is 0 Å². The van der Waals surface area contributed by atoms with Crippen LogP contribution in [-0.4, -0.2) is 41.0 Å². The Morgan fingerprint density at radius 2 is 2.21 bits per heavy atom. The molecule has 6 heteroatoms. The number of aromatic amines is 1. The number of carbonyl (C=O) groups is 1. The summed E-state index contributed by atoms with van der Waals surface area (Å²) in [4.78, 5) is 12.3. The largest absolute Gasteiger partial charge is 0.376 e. The van der Waals surface area contributed by atoms with E-state index in [1.807, 2.05) is 20.8 Å². The SMILES string of the molecule is C[C@@H]1Cc2c(C(=O)NC3(C)COC3)n[nH]c2[C@H](C)O1. The van der Waals surface area contributed by atoms with Gasteiger partial charge in [0.05, 0.1) is 36.7 Å². The lowest BCUT2D eigenvalue weighted by molar-refractivity contribution is -0.0594. The van der Waals surface area contributed by atoms with Gasteiger partial charge in [0.2, 0.25) is 0 Å². The Kier molecular flexibility index (Phi) is 2.87. The summed E-state index contributed by atoms with van der Waals surface area (Å²) >= 11 is 0. The third-order valence-corrected chi connectivity index (χ3v) is 3.71. The van der Waals surface area contributed by atoms with Crippen molar-refractivity contribution in [2.75, 3.05) is 13.2 Å². The van der Waals surface area contributed by atoms with Crippen molar-refractivity contribution in [1.29, 1.82) is 0 Å². The number of ether oxygens (including phenoxy) is 2. The standard InChI is InChI=1S/C13H19N3O3/c1-7-4-9-10(8(2)19-7)15-16-11(9)12(17)14-13(3)5-18-6-13/h7-8H,4-6H2,1-3H3,(H,14,17)(H,15,16)/t7-,8+/m1/s1. The molecular formula is C13H19N3O3. The fourth-order valence-corrected chi connectivity index (χ4v) is 2.68. The number of aromatic nitrogens is 2. The monoisotopic (exact) mass is 265 g/mol. The molecule has 0 aliphatic carbocycles. The highest BCUT2D eigenvalue weighted by Crippen LogP contribution is 2.30. The van der Waals surface area contributed by atoms with E-state index < -0.39 is 0 Å². The fourth-order valence-electron chi connectivity index (χ4n) is 2.68. The molecular weight excluding hydrogens is 246 g/mol. The molecule has 0 spiro atoms. The summed E-state index contributed by atoms with van der Waals surface area (Å²) in [5.74, 6) is -0.135. The van der Waals surface area contributed by atoms with Crippen LogP contribution in [0.25, 0.3) is 0 Å². The van der Waals surface area contributed by atoms with E-state index >= 15 is 0 Å². The van der Waals surface area contributed by atoms with E-state index in [9.17, 15) is 4.79 Å². The van der Waals surface area contributed by atoms with E-state index in [2.05, 4.69) is 15.5 Å². The number of nitrogens with zero attached hydrogens (tertiary/aromatic N) is 1. The number of hydrogen-bond donors (Lipinski definition) is 2. The van der Waals surface area contributed by atoms with Gasteiger partial charge in [-0.2, -0.15) is 5.10 Å². The van der Waals surface area contributed by atoms with E-state index in [1.165, 1.54) is 0 Å². The Labute approximate surface area is 111 Å². The molecule has 1 saturated heterocycles. The number of rotatable bonds is 2. The Bertz CT molecular complexity index is 507. The molecule has 1 amide bonds. The molecule has 3 heterocycles. The number of fused-ring (bicyclic) bond motifs is 1. The molecule has 0 unspecified atom stereocenters. The Balaban J connectivity index is 1.83. The van der Waals surface area contributed by atoms with E-state index in [-0.39, 0.29) is 23.7 Å². The van der Waals surface area contributed by atoms with Gasteiger partial charge in [0.15, 0.2) is 5.69 Å².